The third-order valence-electron chi connectivity index (χ3n) is 5.34. The van der Waals surface area contributed by atoms with Crippen LogP contribution in [0.1, 0.15) is 31.9 Å². The first-order valence-corrected chi connectivity index (χ1v) is 11.1. The van der Waals surface area contributed by atoms with Gasteiger partial charge in [0.15, 0.2) is 5.69 Å². The number of hydrogen-bond acceptors (Lipinski definition) is 5. The van der Waals surface area contributed by atoms with Gasteiger partial charge >= 0.3 is 5.69 Å². The number of hydrogen-bond donors (Lipinski definition) is 3. The molecule has 0 aliphatic heterocycles. The number of anilines is 3. The fourth-order valence-electron chi connectivity index (χ4n) is 3.71. The van der Waals surface area contributed by atoms with Crippen LogP contribution < -0.4 is 27.2 Å². The second-order valence-corrected chi connectivity index (χ2v) is 8.33. The molecule has 4 N–H and O–H groups in total. The van der Waals surface area contributed by atoms with Gasteiger partial charge in [-0.25, -0.2) is 4.79 Å². The zero-order valence-corrected chi connectivity index (χ0v) is 19.3. The summed E-state index contributed by atoms with van der Waals surface area (Å²) in [5, 5.41) is 3.18. The molecule has 1 heterocycles. The van der Waals surface area contributed by atoms with Gasteiger partial charge in [0.1, 0.15) is 5.82 Å². The smallest absolute Gasteiger partial charge is 0.330 e. The van der Waals surface area contributed by atoms with Crippen LogP contribution in [0, 0.1) is 5.92 Å². The topological polar surface area (TPSA) is 113 Å². The lowest BCUT2D eigenvalue weighted by molar-refractivity contribution is -0.117. The minimum Gasteiger partial charge on any atom is -0.383 e. The Morgan fingerprint density at radius 2 is 1.76 bits per heavy atom. The number of para-hydroxylation sites is 1. The molecular formula is C25H31N5O3. The van der Waals surface area contributed by atoms with Crippen molar-refractivity contribution < 1.29 is 4.79 Å². The van der Waals surface area contributed by atoms with Crippen LogP contribution in [0.3, 0.4) is 0 Å². The van der Waals surface area contributed by atoms with Gasteiger partial charge in [-0.1, -0.05) is 69.3 Å². The molecule has 0 radical (unpaired) electrons. The van der Waals surface area contributed by atoms with Gasteiger partial charge in [-0.3, -0.25) is 19.1 Å². The van der Waals surface area contributed by atoms with Crippen molar-refractivity contribution in [3.8, 4) is 0 Å². The van der Waals surface area contributed by atoms with E-state index in [-0.39, 0.29) is 43.0 Å². The Hall–Kier alpha value is -3.81. The Bertz CT molecular complexity index is 1210. The van der Waals surface area contributed by atoms with Gasteiger partial charge in [0, 0.05) is 12.2 Å². The molecule has 1 aromatic heterocycles. The minimum absolute atomic E-state index is 0.00481. The maximum atomic E-state index is 13.3. The number of amides is 1. The first-order chi connectivity index (χ1) is 15.8. The van der Waals surface area contributed by atoms with Gasteiger partial charge in [-0.05, 0) is 29.5 Å². The second kappa shape index (κ2) is 10.7. The van der Waals surface area contributed by atoms with Crippen LogP contribution in [0.5, 0.6) is 0 Å². The van der Waals surface area contributed by atoms with Crippen molar-refractivity contribution in [3.05, 3.63) is 86.6 Å². The Kier molecular flexibility index (Phi) is 7.71. The molecule has 0 saturated carbocycles. The molecule has 1 amide bonds. The lowest BCUT2D eigenvalue weighted by Crippen LogP contribution is -2.44. The number of aromatic amines is 1. The van der Waals surface area contributed by atoms with Crippen LogP contribution in [-0.4, -0.2) is 28.5 Å². The van der Waals surface area contributed by atoms with Gasteiger partial charge in [0.2, 0.25) is 5.91 Å². The van der Waals surface area contributed by atoms with E-state index in [1.54, 1.807) is 0 Å². The van der Waals surface area contributed by atoms with Gasteiger partial charge < -0.3 is 16.0 Å². The molecule has 0 fully saturated rings. The zero-order chi connectivity index (χ0) is 24.0. The molecule has 8 nitrogen and oxygen atoms in total. The number of rotatable bonds is 9. The number of aryl methyl sites for hydroxylation is 1. The normalized spacial score (nSPS) is 10.9. The molecule has 0 aliphatic carbocycles. The molecule has 3 aromatic rings. The number of aromatic nitrogens is 2. The Morgan fingerprint density at radius 3 is 2.42 bits per heavy atom. The third-order valence-corrected chi connectivity index (χ3v) is 5.34. The van der Waals surface area contributed by atoms with E-state index in [1.807, 2.05) is 75.4 Å². The van der Waals surface area contributed by atoms with E-state index >= 15 is 0 Å². The van der Waals surface area contributed by atoms with Gasteiger partial charge in [-0.15, -0.1) is 0 Å². The quantitative estimate of drug-likeness (QED) is 0.465. The van der Waals surface area contributed by atoms with Gasteiger partial charge in [-0.2, -0.15) is 0 Å². The molecule has 174 valence electrons. The lowest BCUT2D eigenvalue weighted by Gasteiger charge is -2.26. The summed E-state index contributed by atoms with van der Waals surface area (Å²) in [4.78, 5) is 42.3. The van der Waals surface area contributed by atoms with Crippen LogP contribution in [0.25, 0.3) is 0 Å². The van der Waals surface area contributed by atoms with Crippen LogP contribution in [-0.2, 0) is 17.8 Å². The van der Waals surface area contributed by atoms with Crippen molar-refractivity contribution >= 4 is 23.1 Å². The summed E-state index contributed by atoms with van der Waals surface area (Å²) in [7, 11) is 0. The van der Waals surface area contributed by atoms with Crippen LogP contribution >= 0.6 is 0 Å². The van der Waals surface area contributed by atoms with E-state index in [0.717, 1.165) is 23.2 Å². The number of carbonyl (C=O) groups is 1. The zero-order valence-electron chi connectivity index (χ0n) is 19.3. The maximum absolute atomic E-state index is 13.3. The summed E-state index contributed by atoms with van der Waals surface area (Å²) in [5.41, 5.74) is 7.85. The molecule has 33 heavy (non-hydrogen) atoms. The van der Waals surface area contributed by atoms with E-state index in [2.05, 4.69) is 10.3 Å². The van der Waals surface area contributed by atoms with Crippen LogP contribution in [0.2, 0.25) is 0 Å². The highest BCUT2D eigenvalue weighted by atomic mass is 16.2. The molecule has 0 unspecified atom stereocenters. The summed E-state index contributed by atoms with van der Waals surface area (Å²) in [6, 6.07) is 17.1. The molecule has 0 spiro atoms. The highest BCUT2D eigenvalue weighted by Gasteiger charge is 2.25. The number of nitrogens with one attached hydrogen (secondary N) is 2. The van der Waals surface area contributed by atoms with Crippen LogP contribution in [0.4, 0.5) is 17.2 Å². The van der Waals surface area contributed by atoms with Crippen molar-refractivity contribution in [2.45, 2.75) is 33.7 Å². The number of nitrogens with two attached hydrogens (primary N) is 1. The summed E-state index contributed by atoms with van der Waals surface area (Å²) >= 11 is 0. The van der Waals surface area contributed by atoms with Gasteiger partial charge in [0.05, 0.1) is 13.1 Å². The Morgan fingerprint density at radius 1 is 1.09 bits per heavy atom. The predicted octanol–water partition coefficient (Wildman–Crippen LogP) is 2.83. The fourth-order valence-corrected chi connectivity index (χ4v) is 3.71. The van der Waals surface area contributed by atoms with Crippen molar-refractivity contribution in [2.24, 2.45) is 5.92 Å². The van der Waals surface area contributed by atoms with Crippen molar-refractivity contribution in [1.29, 1.82) is 0 Å². The number of benzene rings is 2. The molecule has 2 aromatic carbocycles. The van der Waals surface area contributed by atoms with E-state index in [0.29, 0.717) is 0 Å². The number of nitrogens with zero attached hydrogens (tertiary/aromatic N) is 2. The molecule has 0 bridgehead atoms. The molecule has 0 aliphatic rings. The van der Waals surface area contributed by atoms with Crippen LogP contribution in [0.15, 0.2) is 64.2 Å². The predicted molar refractivity (Wildman–Crippen MR) is 133 cm³/mol. The number of carbonyl (C=O) groups excluding carboxylic acids is 1. The monoisotopic (exact) mass is 449 g/mol. The fraction of sp³-hybridized carbons (Fsp3) is 0.320. The SMILES string of the molecule is CCc1ccccc1NCC(=O)N(CC(C)C)c1c(N)n(Cc2ccccc2)c(=O)[nH]c1=O. The van der Waals surface area contributed by atoms with E-state index in [1.165, 1.54) is 9.47 Å². The number of nitrogen functional groups attached to an aromatic ring is 1. The Labute approximate surface area is 193 Å². The molecule has 0 saturated heterocycles. The van der Waals surface area contributed by atoms with Crippen molar-refractivity contribution in [3.63, 3.8) is 0 Å². The standard InChI is InChI=1S/C25H31N5O3/c1-4-19-12-8-9-13-20(19)27-14-21(31)29(15-17(2)3)22-23(26)30(25(33)28-24(22)32)16-18-10-6-5-7-11-18/h5-13,17,27H,4,14-16,26H2,1-3H3,(H,28,32,33). The lowest BCUT2D eigenvalue weighted by atomic mass is 10.1. The highest BCUT2D eigenvalue weighted by molar-refractivity contribution is 5.98. The highest BCUT2D eigenvalue weighted by Crippen LogP contribution is 2.20. The summed E-state index contributed by atoms with van der Waals surface area (Å²) < 4.78 is 1.28. The average Bonchev–Trinajstić information content (AvgIpc) is 2.80. The first-order valence-electron chi connectivity index (χ1n) is 11.1. The molecular weight excluding hydrogens is 418 g/mol. The molecule has 8 heteroatoms. The maximum Gasteiger partial charge on any atom is 0.330 e. The largest absolute Gasteiger partial charge is 0.383 e. The first kappa shape index (κ1) is 23.8. The van der Waals surface area contributed by atoms with Crippen molar-refractivity contribution in [2.75, 3.05) is 29.0 Å². The van der Waals surface area contributed by atoms with E-state index < -0.39 is 11.2 Å². The van der Waals surface area contributed by atoms with Crippen molar-refractivity contribution in [1.82, 2.24) is 9.55 Å². The summed E-state index contributed by atoms with van der Waals surface area (Å²) in [6.45, 7) is 6.40. The minimum atomic E-state index is -0.676. The third kappa shape index (κ3) is 5.71. The average molecular weight is 450 g/mol. The molecule has 0 atom stereocenters. The Balaban J connectivity index is 1.96. The van der Waals surface area contributed by atoms with E-state index in [4.69, 9.17) is 5.73 Å². The second-order valence-electron chi connectivity index (χ2n) is 8.33. The van der Waals surface area contributed by atoms with Gasteiger partial charge in [0.25, 0.3) is 5.56 Å². The number of H-pyrrole nitrogens is 1. The summed E-state index contributed by atoms with van der Waals surface area (Å²) in [5.74, 6) is -0.266. The molecule has 3 rings (SSSR count). The van der Waals surface area contributed by atoms with E-state index in [9.17, 15) is 14.4 Å². The summed E-state index contributed by atoms with van der Waals surface area (Å²) in [6.07, 6.45) is 0.824.